The van der Waals surface area contributed by atoms with Gasteiger partial charge in [-0.15, -0.1) is 0 Å². The molecule has 2 aliphatic rings. The third-order valence-corrected chi connectivity index (χ3v) is 6.93. The minimum absolute atomic E-state index is 0.0340. The molecule has 0 bridgehead atoms. The van der Waals surface area contributed by atoms with Crippen molar-refractivity contribution in [3.8, 4) is 40.1 Å². The van der Waals surface area contributed by atoms with E-state index in [4.69, 9.17) is 23.4 Å². The standard InChI is InChI=1S/C26H28O16/c27-6-13(32)22-20(37)24(42-25-19(36)17(34)14(33)7-38-25)26(40-22)41-23-18(35)16-12(31)4-9(28)5-15(16)39-21(23)8-1-2-10(29)11(30)3-8/h1-5,13-14,17,19-20,22,24-34,36-37H,6-7H2/t13-,14-,17+,19-,20+,22+,24-,25+,26+/m1/s1. The van der Waals surface area contributed by atoms with E-state index in [9.17, 15) is 55.9 Å². The molecule has 228 valence electrons. The zero-order valence-corrected chi connectivity index (χ0v) is 21.4. The number of aromatic hydroxyl groups is 4. The van der Waals surface area contributed by atoms with Crippen molar-refractivity contribution in [3.05, 3.63) is 40.6 Å². The minimum atomic E-state index is -1.81. The van der Waals surface area contributed by atoms with E-state index in [0.717, 1.165) is 24.3 Å². The summed E-state index contributed by atoms with van der Waals surface area (Å²) < 4.78 is 28.0. The second-order valence-corrected chi connectivity index (χ2v) is 9.81. The molecule has 0 aliphatic carbocycles. The smallest absolute Gasteiger partial charge is 0.239 e. The van der Waals surface area contributed by atoms with E-state index >= 15 is 0 Å². The average molecular weight is 596 g/mol. The van der Waals surface area contributed by atoms with Crippen LogP contribution in [0.25, 0.3) is 22.3 Å². The first-order chi connectivity index (χ1) is 19.9. The lowest BCUT2D eigenvalue weighted by Gasteiger charge is -2.37. The second-order valence-electron chi connectivity index (χ2n) is 9.81. The average Bonchev–Trinajstić information content (AvgIpc) is 3.25. The van der Waals surface area contributed by atoms with Crippen LogP contribution >= 0.6 is 0 Å². The second kappa shape index (κ2) is 11.5. The maximum Gasteiger partial charge on any atom is 0.239 e. The normalized spacial score (nSPS) is 30.4. The highest BCUT2D eigenvalue weighted by Crippen LogP contribution is 2.40. The number of phenols is 4. The topological polar surface area (TPSA) is 269 Å². The molecule has 16 heteroatoms. The van der Waals surface area contributed by atoms with Crippen molar-refractivity contribution in [2.24, 2.45) is 0 Å². The highest BCUT2D eigenvalue weighted by molar-refractivity contribution is 5.88. The molecule has 0 radical (unpaired) electrons. The predicted octanol–water partition coefficient (Wildman–Crippen LogP) is -2.08. The van der Waals surface area contributed by atoms with E-state index < -0.39 is 114 Å². The third-order valence-electron chi connectivity index (χ3n) is 6.93. The van der Waals surface area contributed by atoms with Crippen LogP contribution in [0.4, 0.5) is 0 Å². The Bertz CT molecular complexity index is 1510. The third kappa shape index (κ3) is 5.31. The van der Waals surface area contributed by atoms with Crippen LogP contribution in [-0.4, -0.2) is 120 Å². The van der Waals surface area contributed by atoms with Gasteiger partial charge in [0.1, 0.15) is 59.1 Å². The van der Waals surface area contributed by atoms with Crippen molar-refractivity contribution in [2.45, 2.75) is 55.3 Å². The fourth-order valence-corrected chi connectivity index (χ4v) is 4.72. The summed E-state index contributed by atoms with van der Waals surface area (Å²) in [5, 5.41) is 100. The van der Waals surface area contributed by atoms with Crippen LogP contribution in [0.15, 0.2) is 39.5 Å². The van der Waals surface area contributed by atoms with E-state index in [2.05, 4.69) is 0 Å². The van der Waals surface area contributed by atoms with E-state index in [1.165, 1.54) is 6.07 Å². The van der Waals surface area contributed by atoms with Crippen LogP contribution in [0, 0.1) is 0 Å². The van der Waals surface area contributed by atoms with E-state index in [0.29, 0.717) is 0 Å². The van der Waals surface area contributed by atoms with Crippen LogP contribution in [0.1, 0.15) is 0 Å². The maximum atomic E-state index is 13.7. The van der Waals surface area contributed by atoms with Gasteiger partial charge in [-0.1, -0.05) is 0 Å². The molecule has 2 fully saturated rings. The summed E-state index contributed by atoms with van der Waals surface area (Å²) >= 11 is 0. The highest BCUT2D eigenvalue weighted by Gasteiger charge is 2.52. The Morgan fingerprint density at radius 1 is 0.905 bits per heavy atom. The molecule has 2 aliphatic heterocycles. The fraction of sp³-hybridized carbons (Fsp3) is 0.423. The molecule has 0 amide bonds. The summed E-state index contributed by atoms with van der Waals surface area (Å²) in [4.78, 5) is 13.7. The van der Waals surface area contributed by atoms with Gasteiger partial charge in [0.05, 0.1) is 13.2 Å². The van der Waals surface area contributed by atoms with Crippen LogP contribution in [0.5, 0.6) is 28.7 Å². The van der Waals surface area contributed by atoms with Gasteiger partial charge in [0.15, 0.2) is 29.7 Å². The summed E-state index contributed by atoms with van der Waals surface area (Å²) in [7, 11) is 0. The number of aliphatic hydroxyl groups excluding tert-OH is 6. The Morgan fingerprint density at radius 2 is 1.64 bits per heavy atom. The Hall–Kier alpha value is -3.71. The molecule has 0 saturated carbocycles. The number of hydrogen-bond acceptors (Lipinski definition) is 16. The van der Waals surface area contributed by atoms with Crippen molar-refractivity contribution in [3.63, 3.8) is 0 Å². The summed E-state index contributed by atoms with van der Waals surface area (Å²) in [6, 6.07) is 5.23. The number of ether oxygens (including phenoxy) is 4. The Morgan fingerprint density at radius 3 is 2.33 bits per heavy atom. The SMILES string of the molecule is O=c1c(O[C@@H]2O[C@@H]([C@H](O)CO)[C@H](O)[C@H]2O[C@@H]2OC[C@@H](O)[C@H](O)[C@H]2O)c(-c2ccc(O)c(O)c2)oc2cc(O)cc(O)c12. The van der Waals surface area contributed by atoms with Gasteiger partial charge in [-0.2, -0.15) is 0 Å². The molecule has 2 saturated heterocycles. The number of fused-ring (bicyclic) bond motifs is 1. The number of rotatable bonds is 7. The monoisotopic (exact) mass is 596 g/mol. The number of hydrogen-bond donors (Lipinski definition) is 10. The Labute approximate surface area is 235 Å². The van der Waals surface area contributed by atoms with Crippen LogP contribution in [-0.2, 0) is 14.2 Å². The van der Waals surface area contributed by atoms with Gasteiger partial charge in [-0.3, -0.25) is 4.79 Å². The summed E-state index contributed by atoms with van der Waals surface area (Å²) in [6.45, 7) is -1.34. The van der Waals surface area contributed by atoms with Crippen LogP contribution in [0.2, 0.25) is 0 Å². The molecule has 0 spiro atoms. The summed E-state index contributed by atoms with van der Waals surface area (Å²) in [6.07, 6.45) is -15.1. The minimum Gasteiger partial charge on any atom is -0.508 e. The first-order valence-corrected chi connectivity index (χ1v) is 12.6. The van der Waals surface area contributed by atoms with Crippen LogP contribution in [0.3, 0.4) is 0 Å². The van der Waals surface area contributed by atoms with Crippen molar-refractivity contribution in [1.82, 2.24) is 0 Å². The van der Waals surface area contributed by atoms with Crippen molar-refractivity contribution < 1.29 is 74.4 Å². The summed E-state index contributed by atoms with van der Waals surface area (Å²) in [5.41, 5.74) is -1.35. The predicted molar refractivity (Wildman–Crippen MR) is 136 cm³/mol. The number of aliphatic hydroxyl groups is 6. The zero-order chi connectivity index (χ0) is 30.5. The molecule has 3 aromatic rings. The molecule has 10 N–H and O–H groups in total. The van der Waals surface area contributed by atoms with Gasteiger partial charge in [-0.05, 0) is 18.2 Å². The Kier molecular flexibility index (Phi) is 8.17. The van der Waals surface area contributed by atoms with Crippen molar-refractivity contribution >= 4 is 11.0 Å². The van der Waals surface area contributed by atoms with Crippen molar-refractivity contribution in [2.75, 3.05) is 13.2 Å². The first kappa shape index (κ1) is 29.8. The maximum absolute atomic E-state index is 13.7. The van der Waals surface area contributed by atoms with Gasteiger partial charge in [0.25, 0.3) is 0 Å². The van der Waals surface area contributed by atoms with E-state index in [1.807, 2.05) is 0 Å². The quantitative estimate of drug-likeness (QED) is 0.131. The highest BCUT2D eigenvalue weighted by atomic mass is 16.8. The molecule has 1 aromatic heterocycles. The fourth-order valence-electron chi connectivity index (χ4n) is 4.72. The lowest BCUT2D eigenvalue weighted by Crippen LogP contribution is -2.56. The zero-order valence-electron chi connectivity index (χ0n) is 21.4. The molecular weight excluding hydrogens is 568 g/mol. The lowest BCUT2D eigenvalue weighted by atomic mass is 10.0. The van der Waals surface area contributed by atoms with Gasteiger partial charge in [0.2, 0.25) is 17.5 Å². The molecular formula is C26H28O16. The van der Waals surface area contributed by atoms with Crippen LogP contribution < -0.4 is 10.2 Å². The van der Waals surface area contributed by atoms with Crippen molar-refractivity contribution in [1.29, 1.82) is 0 Å². The van der Waals surface area contributed by atoms with Gasteiger partial charge >= 0.3 is 0 Å². The lowest BCUT2D eigenvalue weighted by molar-refractivity contribution is -0.298. The van der Waals surface area contributed by atoms with Gasteiger partial charge in [-0.25, -0.2) is 0 Å². The van der Waals surface area contributed by atoms with E-state index in [-0.39, 0.29) is 11.1 Å². The molecule has 0 unspecified atom stereocenters. The van der Waals surface area contributed by atoms with Gasteiger partial charge < -0.3 is 74.4 Å². The molecule has 9 atom stereocenters. The molecule has 16 nitrogen and oxygen atoms in total. The van der Waals surface area contributed by atoms with E-state index in [1.54, 1.807) is 0 Å². The van der Waals surface area contributed by atoms with Gasteiger partial charge in [0, 0.05) is 17.7 Å². The molecule has 2 aromatic carbocycles. The molecule has 5 rings (SSSR count). The summed E-state index contributed by atoms with van der Waals surface area (Å²) in [5.74, 6) is -3.34. The molecule has 42 heavy (non-hydrogen) atoms. The number of benzene rings is 2. The number of phenolic OH excluding ortho intramolecular Hbond substituents is 4. The Balaban J connectivity index is 1.60. The first-order valence-electron chi connectivity index (χ1n) is 12.6. The largest absolute Gasteiger partial charge is 0.508 e. The molecule has 3 heterocycles.